The van der Waals surface area contributed by atoms with Gasteiger partial charge in [-0.15, -0.1) is 0 Å². The number of nitrogens with two attached hydrogens (primary N) is 1. The van der Waals surface area contributed by atoms with Gasteiger partial charge in [-0.25, -0.2) is 0 Å². The summed E-state index contributed by atoms with van der Waals surface area (Å²) in [6.07, 6.45) is 1.46. The van der Waals surface area contributed by atoms with Crippen molar-refractivity contribution in [3.8, 4) is 22.6 Å². The number of nitrogen functional groups attached to an aromatic ring is 1. The molecule has 16 heavy (non-hydrogen) atoms. The molecular formula is C11H12N2O3. The van der Waals surface area contributed by atoms with Crippen LogP contribution in [0.15, 0.2) is 22.9 Å². The quantitative estimate of drug-likeness (QED) is 0.808. The Kier molecular flexibility index (Phi) is 2.44. The first kappa shape index (κ1) is 10.4. The third-order valence-electron chi connectivity index (χ3n) is 2.40. The largest absolute Gasteiger partial charge is 0.507 e. The molecule has 5 nitrogen and oxygen atoms in total. The van der Waals surface area contributed by atoms with Crippen molar-refractivity contribution in [2.45, 2.75) is 6.92 Å². The maximum Gasteiger partial charge on any atom is 0.230 e. The van der Waals surface area contributed by atoms with Crippen LogP contribution in [0.25, 0.3) is 11.1 Å². The van der Waals surface area contributed by atoms with Gasteiger partial charge in [0.15, 0.2) is 0 Å². The summed E-state index contributed by atoms with van der Waals surface area (Å²) in [5, 5.41) is 13.5. The van der Waals surface area contributed by atoms with Crippen LogP contribution < -0.4 is 10.5 Å². The van der Waals surface area contributed by atoms with Crippen LogP contribution in [0.4, 0.5) is 5.88 Å². The zero-order valence-electron chi connectivity index (χ0n) is 9.02. The third-order valence-corrected chi connectivity index (χ3v) is 2.40. The van der Waals surface area contributed by atoms with E-state index in [2.05, 4.69) is 5.16 Å². The highest BCUT2D eigenvalue weighted by molar-refractivity contribution is 5.79. The summed E-state index contributed by atoms with van der Waals surface area (Å²) >= 11 is 0. The minimum atomic E-state index is 0.149. The molecule has 0 aliphatic carbocycles. The van der Waals surface area contributed by atoms with E-state index < -0.39 is 0 Å². The number of hydrogen-bond acceptors (Lipinski definition) is 5. The lowest BCUT2D eigenvalue weighted by atomic mass is 10.0. The van der Waals surface area contributed by atoms with Gasteiger partial charge in [0.05, 0.1) is 18.9 Å². The van der Waals surface area contributed by atoms with Crippen LogP contribution in [0.5, 0.6) is 11.5 Å². The Morgan fingerprint density at radius 3 is 2.69 bits per heavy atom. The van der Waals surface area contributed by atoms with Crippen LogP contribution in [-0.2, 0) is 0 Å². The predicted octanol–water partition coefficient (Wildman–Crippen LogP) is 1.95. The zero-order valence-corrected chi connectivity index (χ0v) is 9.02. The molecule has 0 bridgehead atoms. The highest BCUT2D eigenvalue weighted by Gasteiger charge is 2.14. The second kappa shape index (κ2) is 3.77. The van der Waals surface area contributed by atoms with Crippen molar-refractivity contribution in [1.82, 2.24) is 5.16 Å². The van der Waals surface area contributed by atoms with Gasteiger partial charge in [-0.1, -0.05) is 5.16 Å². The Labute approximate surface area is 92.4 Å². The molecule has 0 saturated heterocycles. The maximum absolute atomic E-state index is 9.93. The van der Waals surface area contributed by atoms with Gasteiger partial charge in [0.1, 0.15) is 11.5 Å². The van der Waals surface area contributed by atoms with E-state index in [-0.39, 0.29) is 11.6 Å². The second-order valence-corrected chi connectivity index (χ2v) is 3.44. The molecule has 1 aromatic heterocycles. The van der Waals surface area contributed by atoms with Crippen molar-refractivity contribution in [3.63, 3.8) is 0 Å². The molecule has 0 aliphatic heterocycles. The van der Waals surface area contributed by atoms with Crippen LogP contribution >= 0.6 is 0 Å². The molecule has 84 valence electrons. The second-order valence-electron chi connectivity index (χ2n) is 3.44. The number of aryl methyl sites for hydroxylation is 1. The van der Waals surface area contributed by atoms with Crippen LogP contribution in [0.2, 0.25) is 0 Å². The summed E-state index contributed by atoms with van der Waals surface area (Å²) < 4.78 is 9.89. The van der Waals surface area contributed by atoms with Gasteiger partial charge < -0.3 is 20.1 Å². The van der Waals surface area contributed by atoms with Gasteiger partial charge in [-0.05, 0) is 24.6 Å². The van der Waals surface area contributed by atoms with Crippen LogP contribution in [0, 0.1) is 6.92 Å². The normalized spacial score (nSPS) is 10.4. The first-order chi connectivity index (χ1) is 7.63. The Balaban J connectivity index is 2.64. The number of phenolic OH excluding ortho intramolecular Hbond substituents is 1. The highest BCUT2D eigenvalue weighted by atomic mass is 16.5. The predicted molar refractivity (Wildman–Crippen MR) is 59.3 cm³/mol. The first-order valence-corrected chi connectivity index (χ1v) is 4.71. The molecule has 0 spiro atoms. The van der Waals surface area contributed by atoms with E-state index in [1.54, 1.807) is 26.2 Å². The number of phenols is 1. The van der Waals surface area contributed by atoms with E-state index >= 15 is 0 Å². The molecule has 3 N–H and O–H groups in total. The molecule has 0 atom stereocenters. The van der Waals surface area contributed by atoms with Crippen molar-refractivity contribution in [3.05, 3.63) is 23.9 Å². The van der Waals surface area contributed by atoms with Gasteiger partial charge in [0.25, 0.3) is 0 Å². The summed E-state index contributed by atoms with van der Waals surface area (Å²) in [6.45, 7) is 1.78. The lowest BCUT2D eigenvalue weighted by Crippen LogP contribution is -1.90. The number of aromatic hydroxyl groups is 1. The SMILES string of the molecule is COc1cc(C)c(O)c(-c2cnoc2N)c1. The lowest BCUT2D eigenvalue weighted by Gasteiger charge is -2.08. The van der Waals surface area contributed by atoms with E-state index in [0.29, 0.717) is 22.4 Å². The fourth-order valence-corrected chi connectivity index (χ4v) is 1.52. The van der Waals surface area contributed by atoms with E-state index in [4.69, 9.17) is 15.0 Å². The fourth-order valence-electron chi connectivity index (χ4n) is 1.52. The Hall–Kier alpha value is -2.17. The average molecular weight is 220 g/mol. The molecule has 1 aromatic carbocycles. The fraction of sp³-hybridized carbons (Fsp3) is 0.182. The number of hydrogen-bond donors (Lipinski definition) is 2. The van der Waals surface area contributed by atoms with E-state index in [0.717, 1.165) is 0 Å². The van der Waals surface area contributed by atoms with Crippen molar-refractivity contribution in [1.29, 1.82) is 0 Å². The number of nitrogens with zero attached hydrogens (tertiary/aromatic N) is 1. The molecule has 0 radical (unpaired) electrons. The molecule has 1 heterocycles. The first-order valence-electron chi connectivity index (χ1n) is 4.71. The average Bonchev–Trinajstić information content (AvgIpc) is 2.68. The van der Waals surface area contributed by atoms with E-state index in [9.17, 15) is 5.11 Å². The van der Waals surface area contributed by atoms with Gasteiger partial charge in [-0.3, -0.25) is 0 Å². The van der Waals surface area contributed by atoms with Crippen molar-refractivity contribution in [2.75, 3.05) is 12.8 Å². The number of ether oxygens (including phenoxy) is 1. The Morgan fingerprint density at radius 2 is 2.12 bits per heavy atom. The minimum absolute atomic E-state index is 0.149. The summed E-state index contributed by atoms with van der Waals surface area (Å²) in [7, 11) is 1.56. The molecule has 0 aliphatic rings. The van der Waals surface area contributed by atoms with E-state index in [1.165, 1.54) is 6.20 Å². The highest BCUT2D eigenvalue weighted by Crippen LogP contribution is 2.38. The number of aromatic nitrogens is 1. The van der Waals surface area contributed by atoms with Crippen LogP contribution in [0.1, 0.15) is 5.56 Å². The third kappa shape index (κ3) is 1.56. The summed E-state index contributed by atoms with van der Waals surface area (Å²) in [4.78, 5) is 0. The number of benzene rings is 1. The van der Waals surface area contributed by atoms with Crippen molar-refractivity contribution in [2.24, 2.45) is 0 Å². The van der Waals surface area contributed by atoms with Gasteiger partial charge in [0.2, 0.25) is 5.88 Å². The molecule has 0 unspecified atom stereocenters. The zero-order chi connectivity index (χ0) is 11.7. The Morgan fingerprint density at radius 1 is 1.38 bits per heavy atom. The molecule has 0 fully saturated rings. The molecule has 0 saturated carbocycles. The smallest absolute Gasteiger partial charge is 0.230 e. The molecule has 2 rings (SSSR count). The van der Waals surface area contributed by atoms with Gasteiger partial charge in [0, 0.05) is 5.56 Å². The molecule has 5 heteroatoms. The van der Waals surface area contributed by atoms with Gasteiger partial charge >= 0.3 is 0 Å². The number of methoxy groups -OCH3 is 1. The summed E-state index contributed by atoms with van der Waals surface area (Å²) in [5.41, 5.74) is 7.41. The topological polar surface area (TPSA) is 81.5 Å². The van der Waals surface area contributed by atoms with Crippen molar-refractivity contribution >= 4 is 5.88 Å². The summed E-state index contributed by atoms with van der Waals surface area (Å²) in [6, 6.07) is 3.42. The monoisotopic (exact) mass is 220 g/mol. The van der Waals surface area contributed by atoms with Crippen LogP contribution in [0.3, 0.4) is 0 Å². The molecule has 2 aromatic rings. The standard InChI is InChI=1S/C11H12N2O3/c1-6-3-7(15-2)4-8(10(6)14)9-5-13-16-11(9)12/h3-5,14H,12H2,1-2H3. The number of anilines is 1. The Bertz CT molecular complexity index is 520. The summed E-state index contributed by atoms with van der Waals surface area (Å²) in [5.74, 6) is 0.963. The molecule has 0 amide bonds. The minimum Gasteiger partial charge on any atom is -0.507 e. The maximum atomic E-state index is 9.93. The number of rotatable bonds is 2. The molecular weight excluding hydrogens is 208 g/mol. The van der Waals surface area contributed by atoms with Crippen molar-refractivity contribution < 1.29 is 14.4 Å². The van der Waals surface area contributed by atoms with E-state index in [1.807, 2.05) is 0 Å². The lowest BCUT2D eigenvalue weighted by molar-refractivity contribution is 0.412. The van der Waals surface area contributed by atoms with Gasteiger partial charge in [-0.2, -0.15) is 0 Å². The van der Waals surface area contributed by atoms with Crippen LogP contribution in [-0.4, -0.2) is 17.4 Å².